The van der Waals surface area contributed by atoms with Gasteiger partial charge in [-0.2, -0.15) is 0 Å². The molecular formula is C21H29NO2. The lowest BCUT2D eigenvalue weighted by Gasteiger charge is -2.41. The number of rotatable bonds is 6. The van der Waals surface area contributed by atoms with E-state index in [1.807, 2.05) is 18.2 Å². The highest BCUT2D eigenvalue weighted by Crippen LogP contribution is 2.47. The zero-order chi connectivity index (χ0) is 17.0. The number of aliphatic carboxylic acids is 1. The highest BCUT2D eigenvalue weighted by atomic mass is 16.4. The molecule has 2 unspecified atom stereocenters. The number of fused-ring (bicyclic) bond motifs is 1. The average molecular weight is 327 g/mol. The number of nitrogens with one attached hydrogen (secondary N) is 1. The van der Waals surface area contributed by atoms with Crippen molar-refractivity contribution in [1.82, 2.24) is 5.32 Å². The molecule has 1 aromatic rings. The molecule has 0 radical (unpaired) electrons. The average Bonchev–Trinajstić information content (AvgIpc) is 2.61. The molecule has 0 amide bonds. The van der Waals surface area contributed by atoms with Crippen molar-refractivity contribution in [2.45, 2.75) is 50.9 Å². The first-order valence-corrected chi connectivity index (χ1v) is 9.40. The summed E-state index contributed by atoms with van der Waals surface area (Å²) in [6.45, 7) is 4.27. The van der Waals surface area contributed by atoms with Crippen molar-refractivity contribution >= 4 is 12.0 Å². The quantitative estimate of drug-likeness (QED) is 0.822. The molecule has 3 heteroatoms. The largest absolute Gasteiger partial charge is 0.481 e. The molecule has 2 aliphatic rings. The Morgan fingerprint density at radius 2 is 2.04 bits per heavy atom. The van der Waals surface area contributed by atoms with Crippen LogP contribution in [-0.2, 0) is 10.2 Å². The Balaban J connectivity index is 1.97. The zero-order valence-electron chi connectivity index (χ0n) is 14.6. The summed E-state index contributed by atoms with van der Waals surface area (Å²) in [4.78, 5) is 12.6. The molecule has 1 fully saturated rings. The first-order valence-electron chi connectivity index (χ1n) is 9.40. The third-order valence-electron chi connectivity index (χ3n) is 5.93. The van der Waals surface area contributed by atoms with Crippen LogP contribution in [0.5, 0.6) is 0 Å². The van der Waals surface area contributed by atoms with Crippen molar-refractivity contribution < 1.29 is 9.90 Å². The molecule has 1 aromatic carbocycles. The van der Waals surface area contributed by atoms with Crippen LogP contribution in [0.15, 0.2) is 30.3 Å². The number of piperidine rings is 1. The van der Waals surface area contributed by atoms with Gasteiger partial charge in [0.15, 0.2) is 0 Å². The highest BCUT2D eigenvalue weighted by Gasteiger charge is 2.48. The van der Waals surface area contributed by atoms with Gasteiger partial charge in [0.05, 0.1) is 5.41 Å². The highest BCUT2D eigenvalue weighted by molar-refractivity contribution is 5.85. The van der Waals surface area contributed by atoms with E-state index >= 15 is 0 Å². The number of benzene rings is 1. The first kappa shape index (κ1) is 17.2. The zero-order valence-corrected chi connectivity index (χ0v) is 14.6. The fraction of sp³-hybridized carbons (Fsp3) is 0.571. The maximum atomic E-state index is 12.6. The van der Waals surface area contributed by atoms with Gasteiger partial charge in [-0.3, -0.25) is 4.79 Å². The topological polar surface area (TPSA) is 49.3 Å². The van der Waals surface area contributed by atoms with Gasteiger partial charge in [0.1, 0.15) is 0 Å². The smallest absolute Gasteiger partial charge is 0.314 e. The summed E-state index contributed by atoms with van der Waals surface area (Å²) in [6.07, 6.45) is 10.4. The van der Waals surface area contributed by atoms with Crippen molar-refractivity contribution in [3.8, 4) is 0 Å². The minimum absolute atomic E-state index is 0.0968. The summed E-state index contributed by atoms with van der Waals surface area (Å²) in [5.41, 5.74) is 1.34. The summed E-state index contributed by atoms with van der Waals surface area (Å²) in [7, 11) is 0. The van der Waals surface area contributed by atoms with Crippen LogP contribution in [0.3, 0.4) is 0 Å². The lowest BCUT2D eigenvalue weighted by molar-refractivity contribution is -0.146. The molecule has 0 bridgehead atoms. The van der Waals surface area contributed by atoms with Crippen LogP contribution in [0, 0.1) is 11.8 Å². The van der Waals surface area contributed by atoms with Crippen LogP contribution in [0.25, 0.3) is 6.08 Å². The number of carbonyl (C=O) groups is 1. The minimum atomic E-state index is -0.758. The number of carboxylic acids is 1. The van der Waals surface area contributed by atoms with Gasteiger partial charge in [0.25, 0.3) is 0 Å². The molecule has 1 saturated heterocycles. The Kier molecular flexibility index (Phi) is 5.40. The van der Waals surface area contributed by atoms with E-state index in [-0.39, 0.29) is 5.92 Å². The summed E-state index contributed by atoms with van der Waals surface area (Å²) in [5, 5.41) is 13.7. The molecule has 130 valence electrons. The lowest BCUT2D eigenvalue weighted by Crippen LogP contribution is -2.45. The van der Waals surface area contributed by atoms with Crippen molar-refractivity contribution in [3.63, 3.8) is 0 Å². The Morgan fingerprint density at radius 1 is 1.29 bits per heavy atom. The van der Waals surface area contributed by atoms with Crippen LogP contribution in [0.4, 0.5) is 0 Å². The third-order valence-corrected chi connectivity index (χ3v) is 5.93. The molecule has 3 nitrogen and oxygen atoms in total. The summed E-state index contributed by atoms with van der Waals surface area (Å²) >= 11 is 0. The fourth-order valence-corrected chi connectivity index (χ4v) is 4.55. The standard InChI is InChI=1S/C21H29NO2/c1-2-3-12-21(20(23)24)18(15-16-10-13-22-14-11-16)9-8-17-6-4-5-7-19(17)21/h4-9,16,18,22H,2-3,10-15H2,1H3,(H,23,24). The molecule has 2 N–H and O–H groups in total. The lowest BCUT2D eigenvalue weighted by atomic mass is 9.61. The summed E-state index contributed by atoms with van der Waals surface area (Å²) in [6, 6.07) is 8.08. The Bertz CT molecular complexity index is 604. The van der Waals surface area contributed by atoms with Gasteiger partial charge < -0.3 is 10.4 Å². The van der Waals surface area contributed by atoms with E-state index in [1.165, 1.54) is 0 Å². The molecule has 1 aliphatic heterocycles. The van der Waals surface area contributed by atoms with Gasteiger partial charge in [-0.15, -0.1) is 0 Å². The normalized spacial score (nSPS) is 27.0. The molecule has 0 saturated carbocycles. The number of allylic oxidation sites excluding steroid dienone is 1. The monoisotopic (exact) mass is 327 g/mol. The predicted molar refractivity (Wildman–Crippen MR) is 98.0 cm³/mol. The number of hydrogen-bond acceptors (Lipinski definition) is 2. The second-order valence-corrected chi connectivity index (χ2v) is 7.36. The second kappa shape index (κ2) is 7.52. The molecule has 1 aliphatic carbocycles. The van der Waals surface area contributed by atoms with Gasteiger partial charge in [-0.05, 0) is 61.7 Å². The molecule has 0 aromatic heterocycles. The third kappa shape index (κ3) is 3.14. The SMILES string of the molecule is CCCCC1(C(=O)O)c2ccccc2C=CC1CC1CCNCC1. The molecule has 2 atom stereocenters. The molecule has 3 rings (SSSR count). The van der Waals surface area contributed by atoms with Gasteiger partial charge in [0, 0.05) is 0 Å². The number of unbranched alkanes of at least 4 members (excludes halogenated alkanes) is 1. The van der Waals surface area contributed by atoms with Crippen LogP contribution in [0.1, 0.15) is 56.6 Å². The van der Waals surface area contributed by atoms with E-state index in [1.54, 1.807) is 0 Å². The molecule has 24 heavy (non-hydrogen) atoms. The number of hydrogen-bond donors (Lipinski definition) is 2. The second-order valence-electron chi connectivity index (χ2n) is 7.36. The summed E-state index contributed by atoms with van der Waals surface area (Å²) < 4.78 is 0. The Labute approximate surface area is 145 Å². The van der Waals surface area contributed by atoms with Crippen molar-refractivity contribution in [2.24, 2.45) is 11.8 Å². The van der Waals surface area contributed by atoms with Crippen LogP contribution >= 0.6 is 0 Å². The Hall–Kier alpha value is -1.61. The van der Waals surface area contributed by atoms with E-state index in [0.717, 1.165) is 62.7 Å². The van der Waals surface area contributed by atoms with Crippen LogP contribution < -0.4 is 5.32 Å². The van der Waals surface area contributed by atoms with E-state index in [2.05, 4.69) is 30.5 Å². The van der Waals surface area contributed by atoms with Crippen LogP contribution in [-0.4, -0.2) is 24.2 Å². The van der Waals surface area contributed by atoms with Crippen LogP contribution in [0.2, 0.25) is 0 Å². The molecule has 0 spiro atoms. The maximum absolute atomic E-state index is 12.6. The van der Waals surface area contributed by atoms with E-state index in [9.17, 15) is 9.90 Å². The van der Waals surface area contributed by atoms with Crippen molar-refractivity contribution in [2.75, 3.05) is 13.1 Å². The first-order chi connectivity index (χ1) is 11.7. The number of carboxylic acid groups (broad SMARTS) is 1. The minimum Gasteiger partial charge on any atom is -0.481 e. The van der Waals surface area contributed by atoms with Crippen molar-refractivity contribution in [1.29, 1.82) is 0 Å². The maximum Gasteiger partial charge on any atom is 0.314 e. The summed E-state index contributed by atoms with van der Waals surface area (Å²) in [5.74, 6) is 0.0812. The van der Waals surface area contributed by atoms with Gasteiger partial charge in [-0.1, -0.05) is 56.2 Å². The molecular weight excluding hydrogens is 298 g/mol. The Morgan fingerprint density at radius 3 is 2.75 bits per heavy atom. The van der Waals surface area contributed by atoms with Gasteiger partial charge >= 0.3 is 5.97 Å². The van der Waals surface area contributed by atoms with Gasteiger partial charge in [-0.25, -0.2) is 0 Å². The van der Waals surface area contributed by atoms with E-state index in [4.69, 9.17) is 0 Å². The van der Waals surface area contributed by atoms with E-state index < -0.39 is 11.4 Å². The predicted octanol–water partition coefficient (Wildman–Crippen LogP) is 4.23. The fourth-order valence-electron chi connectivity index (χ4n) is 4.55. The van der Waals surface area contributed by atoms with Crippen molar-refractivity contribution in [3.05, 3.63) is 41.5 Å². The van der Waals surface area contributed by atoms with Gasteiger partial charge in [0.2, 0.25) is 0 Å². The molecule has 1 heterocycles. The van der Waals surface area contributed by atoms with E-state index in [0.29, 0.717) is 5.92 Å².